The molecule has 7 heavy (non-hydrogen) atoms. The minimum atomic E-state index is -0.611. The Morgan fingerprint density at radius 3 is 1.86 bits per heavy atom. The lowest BCUT2D eigenvalue weighted by molar-refractivity contribution is -0.445. The van der Waals surface area contributed by atoms with Gasteiger partial charge in [-0.3, -0.25) is 4.79 Å². The van der Waals surface area contributed by atoms with Crippen molar-refractivity contribution in [1.29, 1.82) is 0 Å². The highest BCUT2D eigenvalue weighted by atomic mass is 16.1. The van der Waals surface area contributed by atoms with Gasteiger partial charge in [0.25, 0.3) is 5.91 Å². The number of hydrogen-bond donors (Lipinski definition) is 2. The lowest BCUT2D eigenvalue weighted by Gasteiger charge is -2.06. The van der Waals surface area contributed by atoms with Crippen LogP contribution in [0.15, 0.2) is 0 Å². The normalized spacial score (nSPS) is 11.3. The predicted molar refractivity (Wildman–Crippen MR) is 26.2 cm³/mol. The summed E-state index contributed by atoms with van der Waals surface area (Å²) in [5.41, 5.74) is 7.75. The van der Waals surface area contributed by atoms with Crippen molar-refractivity contribution < 1.29 is 10.5 Å². The molecular formula is C4H11N2O+. The molecule has 0 aromatic rings. The van der Waals surface area contributed by atoms with Crippen LogP contribution in [0, 0.1) is 0 Å². The fourth-order valence-electron chi connectivity index (χ4n) is 0. The first-order chi connectivity index (χ1) is 2.94. The lowest BCUT2D eigenvalue weighted by Crippen LogP contribution is -2.74. The summed E-state index contributed by atoms with van der Waals surface area (Å²) >= 11 is 0. The Balaban J connectivity index is 3.79. The number of quaternary nitrogens is 1. The van der Waals surface area contributed by atoms with E-state index in [2.05, 4.69) is 5.73 Å². The van der Waals surface area contributed by atoms with Gasteiger partial charge in [-0.2, -0.15) is 0 Å². The van der Waals surface area contributed by atoms with E-state index >= 15 is 0 Å². The van der Waals surface area contributed by atoms with E-state index in [0.29, 0.717) is 0 Å². The number of rotatable bonds is 1. The summed E-state index contributed by atoms with van der Waals surface area (Å²) in [6, 6.07) is 0. The Morgan fingerprint density at radius 2 is 1.86 bits per heavy atom. The van der Waals surface area contributed by atoms with Crippen molar-refractivity contribution in [2.75, 3.05) is 0 Å². The second-order valence-electron chi connectivity index (χ2n) is 2.25. The maximum atomic E-state index is 10.2. The fourth-order valence-corrected chi connectivity index (χ4v) is 0. The third kappa shape index (κ3) is 2.17. The standard InChI is InChI=1S/C4H10N2O/c1-4(2,6)3(5)7/h6H2,1-2H3,(H2,5,7)/p+1. The highest BCUT2D eigenvalue weighted by Crippen LogP contribution is 1.87. The number of carbonyl (C=O) groups is 1. The molecule has 42 valence electrons. The van der Waals surface area contributed by atoms with Gasteiger partial charge in [-0.25, -0.2) is 0 Å². The molecule has 1 amide bonds. The highest BCUT2D eigenvalue weighted by molar-refractivity contribution is 5.81. The first kappa shape index (κ1) is 6.43. The van der Waals surface area contributed by atoms with E-state index in [1.807, 2.05) is 0 Å². The summed E-state index contributed by atoms with van der Waals surface area (Å²) in [4.78, 5) is 10.2. The summed E-state index contributed by atoms with van der Waals surface area (Å²) in [6.07, 6.45) is 0. The molecule has 0 saturated heterocycles. The number of primary amides is 1. The number of amides is 1. The van der Waals surface area contributed by atoms with Crippen molar-refractivity contribution in [1.82, 2.24) is 0 Å². The van der Waals surface area contributed by atoms with Gasteiger partial charge in [0.1, 0.15) is 0 Å². The molecule has 0 rings (SSSR count). The van der Waals surface area contributed by atoms with E-state index in [1.165, 1.54) is 0 Å². The number of hydrogen-bond acceptors (Lipinski definition) is 1. The molecule has 0 unspecified atom stereocenters. The van der Waals surface area contributed by atoms with Crippen molar-refractivity contribution >= 4 is 5.91 Å². The second-order valence-corrected chi connectivity index (χ2v) is 2.25. The summed E-state index contributed by atoms with van der Waals surface area (Å²) in [5.74, 6) is -0.368. The second kappa shape index (κ2) is 1.50. The third-order valence-electron chi connectivity index (χ3n) is 0.667. The molecule has 0 radical (unpaired) electrons. The molecule has 0 aliphatic carbocycles. The van der Waals surface area contributed by atoms with Crippen LogP contribution in [0.2, 0.25) is 0 Å². The van der Waals surface area contributed by atoms with E-state index in [4.69, 9.17) is 5.73 Å². The Labute approximate surface area is 42.7 Å². The molecule has 0 aliphatic rings. The van der Waals surface area contributed by atoms with Crippen molar-refractivity contribution in [2.45, 2.75) is 19.4 Å². The number of carbonyl (C=O) groups excluding carboxylic acids is 1. The van der Waals surface area contributed by atoms with Gasteiger partial charge in [-0.15, -0.1) is 0 Å². The maximum absolute atomic E-state index is 10.2. The van der Waals surface area contributed by atoms with Crippen molar-refractivity contribution in [3.8, 4) is 0 Å². The minimum absolute atomic E-state index is 0.368. The fraction of sp³-hybridized carbons (Fsp3) is 0.750. The Kier molecular flexibility index (Phi) is 1.38. The van der Waals surface area contributed by atoms with Crippen molar-refractivity contribution in [2.24, 2.45) is 5.73 Å². The summed E-state index contributed by atoms with van der Waals surface area (Å²) in [7, 11) is 0. The number of nitrogens with two attached hydrogens (primary N) is 1. The molecule has 0 heterocycles. The van der Waals surface area contributed by atoms with Gasteiger partial charge in [-0.05, 0) is 13.8 Å². The molecule has 0 atom stereocenters. The van der Waals surface area contributed by atoms with Gasteiger partial charge < -0.3 is 11.5 Å². The lowest BCUT2D eigenvalue weighted by atomic mass is 10.1. The van der Waals surface area contributed by atoms with Crippen LogP contribution < -0.4 is 11.5 Å². The van der Waals surface area contributed by atoms with Crippen LogP contribution in [0.1, 0.15) is 13.8 Å². The minimum Gasteiger partial charge on any atom is -0.364 e. The smallest absolute Gasteiger partial charge is 0.278 e. The SMILES string of the molecule is CC(C)([NH3+])C(N)=O. The van der Waals surface area contributed by atoms with Gasteiger partial charge in [-0.1, -0.05) is 0 Å². The molecule has 0 aromatic heterocycles. The topological polar surface area (TPSA) is 70.7 Å². The molecule has 0 bridgehead atoms. The highest BCUT2D eigenvalue weighted by Gasteiger charge is 2.21. The van der Waals surface area contributed by atoms with E-state index < -0.39 is 5.54 Å². The zero-order chi connectivity index (χ0) is 6.08. The van der Waals surface area contributed by atoms with Crippen LogP contribution in [-0.4, -0.2) is 11.4 Å². The zero-order valence-electron chi connectivity index (χ0n) is 4.69. The van der Waals surface area contributed by atoms with Gasteiger partial charge in [0, 0.05) is 0 Å². The summed E-state index contributed by atoms with van der Waals surface area (Å²) < 4.78 is 0. The van der Waals surface area contributed by atoms with Crippen LogP contribution in [0.3, 0.4) is 0 Å². The molecule has 0 spiro atoms. The van der Waals surface area contributed by atoms with E-state index in [1.54, 1.807) is 13.8 Å². The summed E-state index contributed by atoms with van der Waals surface area (Å²) in [5, 5.41) is 0. The zero-order valence-corrected chi connectivity index (χ0v) is 4.69. The molecule has 3 nitrogen and oxygen atoms in total. The first-order valence-electron chi connectivity index (χ1n) is 2.10. The van der Waals surface area contributed by atoms with Crippen molar-refractivity contribution in [3.05, 3.63) is 0 Å². The van der Waals surface area contributed by atoms with Crippen molar-refractivity contribution in [3.63, 3.8) is 0 Å². The average Bonchev–Trinajstić information content (AvgIpc) is 1.31. The average molecular weight is 103 g/mol. The summed E-state index contributed by atoms with van der Waals surface area (Å²) in [6.45, 7) is 3.35. The molecule has 0 saturated carbocycles. The molecule has 5 N–H and O–H groups in total. The molecule has 0 aromatic carbocycles. The largest absolute Gasteiger partial charge is 0.364 e. The monoisotopic (exact) mass is 103 g/mol. The van der Waals surface area contributed by atoms with Crippen LogP contribution in [-0.2, 0) is 4.79 Å². The van der Waals surface area contributed by atoms with Crippen LogP contribution in [0.25, 0.3) is 0 Å². The Bertz CT molecular complexity index is 82.2. The molecular weight excluding hydrogens is 92.1 g/mol. The van der Waals surface area contributed by atoms with Crippen LogP contribution in [0.4, 0.5) is 0 Å². The van der Waals surface area contributed by atoms with E-state index in [-0.39, 0.29) is 5.91 Å². The van der Waals surface area contributed by atoms with Gasteiger partial charge in [0.2, 0.25) is 0 Å². The first-order valence-corrected chi connectivity index (χ1v) is 2.10. The Morgan fingerprint density at radius 1 is 1.71 bits per heavy atom. The van der Waals surface area contributed by atoms with E-state index in [0.717, 1.165) is 0 Å². The van der Waals surface area contributed by atoms with Crippen LogP contribution in [0.5, 0.6) is 0 Å². The van der Waals surface area contributed by atoms with E-state index in [9.17, 15) is 4.79 Å². The third-order valence-corrected chi connectivity index (χ3v) is 0.667. The quantitative estimate of drug-likeness (QED) is 0.416. The molecule has 0 aliphatic heterocycles. The van der Waals surface area contributed by atoms with Crippen LogP contribution >= 0.6 is 0 Å². The molecule has 3 heteroatoms. The predicted octanol–water partition coefficient (Wildman–Crippen LogP) is -1.51. The van der Waals surface area contributed by atoms with Gasteiger partial charge >= 0.3 is 0 Å². The van der Waals surface area contributed by atoms with Gasteiger partial charge in [0.15, 0.2) is 5.54 Å². The Hall–Kier alpha value is -0.570. The van der Waals surface area contributed by atoms with Gasteiger partial charge in [0.05, 0.1) is 0 Å². The maximum Gasteiger partial charge on any atom is 0.278 e. The molecule has 0 fully saturated rings.